The number of aromatic carboxylic acids is 1. The number of hydrogen-bond donors (Lipinski definition) is 1. The van der Waals surface area contributed by atoms with Crippen molar-refractivity contribution in [3.8, 4) is 11.5 Å². The third-order valence-electron chi connectivity index (χ3n) is 5.82. The molecule has 0 aliphatic carbocycles. The molecular weight excluding hydrogens is 360 g/mol. The molecule has 0 aromatic heterocycles. The molecule has 1 rings (SSSR count). The fourth-order valence-electron chi connectivity index (χ4n) is 2.89. The molecule has 6 heteroatoms. The lowest BCUT2D eigenvalue weighted by Gasteiger charge is -2.43. The molecule has 0 radical (unpaired) electrons. The summed E-state index contributed by atoms with van der Waals surface area (Å²) in [7, 11) is 1.04. The maximum atomic E-state index is 11.6. The van der Waals surface area contributed by atoms with Crippen molar-refractivity contribution in [1.82, 2.24) is 0 Å². The van der Waals surface area contributed by atoms with Crippen molar-refractivity contribution in [3.63, 3.8) is 0 Å². The van der Waals surface area contributed by atoms with E-state index in [-0.39, 0.29) is 16.7 Å². The molecule has 0 fully saturated rings. The zero-order valence-electron chi connectivity index (χ0n) is 18.0. The summed E-state index contributed by atoms with van der Waals surface area (Å²) in [4.78, 5) is 11.6. The van der Waals surface area contributed by atoms with Gasteiger partial charge in [-0.2, -0.15) is 0 Å². The van der Waals surface area contributed by atoms with E-state index in [1.54, 1.807) is 12.1 Å². The van der Waals surface area contributed by atoms with Gasteiger partial charge in [-0.1, -0.05) is 39.8 Å². The molecule has 27 heavy (non-hydrogen) atoms. The Kier molecular flexibility index (Phi) is 7.69. The molecule has 0 unspecified atom stereocenters. The zero-order valence-corrected chi connectivity index (χ0v) is 19.0. The van der Waals surface area contributed by atoms with E-state index in [1.807, 2.05) is 13.0 Å². The van der Waals surface area contributed by atoms with E-state index in [4.69, 9.17) is 13.9 Å². The summed E-state index contributed by atoms with van der Waals surface area (Å²) in [6, 6.07) is 3.12. The van der Waals surface area contributed by atoms with E-state index in [0.717, 1.165) is 0 Å². The highest BCUT2D eigenvalue weighted by molar-refractivity contribution is 6.74. The molecule has 152 valence electrons. The first kappa shape index (κ1) is 23.2. The lowest BCUT2D eigenvalue weighted by molar-refractivity contribution is 0.0696. The van der Waals surface area contributed by atoms with Crippen LogP contribution in [0.4, 0.5) is 0 Å². The van der Waals surface area contributed by atoms with Crippen molar-refractivity contribution >= 4 is 20.4 Å². The van der Waals surface area contributed by atoms with Gasteiger partial charge in [-0.05, 0) is 43.1 Å². The molecule has 0 heterocycles. The smallest absolute Gasteiger partial charge is 0.336 e. The highest BCUT2D eigenvalue weighted by Gasteiger charge is 2.43. The van der Waals surface area contributed by atoms with E-state index >= 15 is 0 Å². The lowest BCUT2D eigenvalue weighted by atomic mass is 9.99. The monoisotopic (exact) mass is 394 g/mol. The Hall–Kier alpha value is -1.79. The van der Waals surface area contributed by atoms with Gasteiger partial charge in [0.1, 0.15) is 0 Å². The predicted octanol–water partition coefficient (Wildman–Crippen LogP) is 5.46. The molecule has 5 nitrogen and oxygen atoms in total. The molecule has 1 aromatic rings. The molecular formula is C21H34O5Si. The SMILES string of the molecule is COc1ccc(C(=O)O)c(C=C[C@@H](C)O[Si](C)(C)C(C)(C)C(C)C)c1OC. The molecule has 1 aromatic carbocycles. The summed E-state index contributed by atoms with van der Waals surface area (Å²) >= 11 is 0. The Morgan fingerprint density at radius 1 is 1.15 bits per heavy atom. The number of carbonyl (C=O) groups is 1. The van der Waals surface area contributed by atoms with Gasteiger partial charge in [-0.3, -0.25) is 0 Å². The van der Waals surface area contributed by atoms with Crippen LogP contribution in [0.3, 0.4) is 0 Å². The molecule has 0 saturated heterocycles. The second kappa shape index (κ2) is 8.93. The molecule has 0 aliphatic rings. The lowest BCUT2D eigenvalue weighted by Crippen LogP contribution is -2.46. The van der Waals surface area contributed by atoms with Crippen LogP contribution in [0.15, 0.2) is 18.2 Å². The van der Waals surface area contributed by atoms with Crippen LogP contribution in [0.25, 0.3) is 6.08 Å². The van der Waals surface area contributed by atoms with Crippen molar-refractivity contribution in [3.05, 3.63) is 29.3 Å². The van der Waals surface area contributed by atoms with E-state index < -0.39 is 14.3 Å². The number of hydrogen-bond acceptors (Lipinski definition) is 4. The van der Waals surface area contributed by atoms with Gasteiger partial charge in [-0.15, -0.1) is 0 Å². The molecule has 0 saturated carbocycles. The fraction of sp³-hybridized carbons (Fsp3) is 0.571. The second-order valence-corrected chi connectivity index (χ2v) is 12.7. The van der Waals surface area contributed by atoms with Crippen LogP contribution >= 0.6 is 0 Å². The van der Waals surface area contributed by atoms with Crippen LogP contribution in [0.1, 0.15) is 50.5 Å². The summed E-state index contributed by atoms with van der Waals surface area (Å²) in [5.41, 5.74) is 0.637. The first-order chi connectivity index (χ1) is 12.4. The van der Waals surface area contributed by atoms with Crippen LogP contribution in [0.2, 0.25) is 18.1 Å². The number of carboxylic acids is 1. The van der Waals surface area contributed by atoms with Gasteiger partial charge >= 0.3 is 5.97 Å². The summed E-state index contributed by atoms with van der Waals surface area (Å²) < 4.78 is 17.1. The Morgan fingerprint density at radius 3 is 2.19 bits per heavy atom. The van der Waals surface area contributed by atoms with Crippen LogP contribution in [0.5, 0.6) is 11.5 Å². The average Bonchev–Trinajstić information content (AvgIpc) is 2.57. The maximum Gasteiger partial charge on any atom is 0.336 e. The Morgan fingerprint density at radius 2 is 1.74 bits per heavy atom. The van der Waals surface area contributed by atoms with Crippen molar-refractivity contribution in [2.45, 2.75) is 58.9 Å². The molecule has 0 amide bonds. The standard InChI is InChI=1S/C21H34O5Si/c1-14(2)21(4,5)27(8,9)26-15(3)10-11-16-17(20(22)23)12-13-18(24-6)19(16)25-7/h10-15H,1-9H3,(H,22,23)/t15-/m1/s1. The van der Waals surface area contributed by atoms with Gasteiger partial charge in [0.2, 0.25) is 0 Å². The summed E-state index contributed by atoms with van der Waals surface area (Å²) in [6.07, 6.45) is 3.49. The van der Waals surface area contributed by atoms with Crippen molar-refractivity contribution in [2.75, 3.05) is 14.2 Å². The Balaban J connectivity index is 3.20. The van der Waals surface area contributed by atoms with E-state index in [1.165, 1.54) is 20.3 Å². The third kappa shape index (κ3) is 5.14. The van der Waals surface area contributed by atoms with Crippen molar-refractivity contribution in [2.24, 2.45) is 5.92 Å². The number of methoxy groups -OCH3 is 2. The van der Waals surface area contributed by atoms with E-state index in [9.17, 15) is 9.90 Å². The molecule has 0 spiro atoms. The molecule has 1 N–H and O–H groups in total. The van der Waals surface area contributed by atoms with Crippen LogP contribution in [-0.4, -0.2) is 39.7 Å². The largest absolute Gasteiger partial charge is 0.493 e. The van der Waals surface area contributed by atoms with Crippen LogP contribution < -0.4 is 9.47 Å². The number of benzene rings is 1. The predicted molar refractivity (Wildman–Crippen MR) is 112 cm³/mol. The minimum atomic E-state index is -1.99. The average molecular weight is 395 g/mol. The normalized spacial score (nSPS) is 13.9. The highest BCUT2D eigenvalue weighted by atomic mass is 28.4. The Labute approximate surface area is 164 Å². The Bertz CT molecular complexity index is 692. The first-order valence-corrected chi connectivity index (χ1v) is 12.1. The summed E-state index contributed by atoms with van der Waals surface area (Å²) in [5.74, 6) is 0.387. The van der Waals surface area contributed by atoms with Gasteiger partial charge in [0.25, 0.3) is 0 Å². The maximum absolute atomic E-state index is 11.6. The first-order valence-electron chi connectivity index (χ1n) is 9.23. The highest BCUT2D eigenvalue weighted by Crippen LogP contribution is 2.45. The van der Waals surface area contributed by atoms with E-state index in [2.05, 4.69) is 40.8 Å². The fourth-order valence-corrected chi connectivity index (χ4v) is 5.59. The van der Waals surface area contributed by atoms with Crippen molar-refractivity contribution < 1.29 is 23.8 Å². The van der Waals surface area contributed by atoms with Gasteiger partial charge in [0, 0.05) is 5.56 Å². The van der Waals surface area contributed by atoms with Crippen LogP contribution in [-0.2, 0) is 4.43 Å². The topological polar surface area (TPSA) is 65.0 Å². The van der Waals surface area contributed by atoms with Gasteiger partial charge in [-0.25, -0.2) is 4.79 Å². The number of rotatable bonds is 9. The quantitative estimate of drug-likeness (QED) is 0.563. The molecule has 0 aliphatic heterocycles. The van der Waals surface area contributed by atoms with Gasteiger partial charge in [0.15, 0.2) is 19.8 Å². The van der Waals surface area contributed by atoms with Crippen LogP contribution in [0, 0.1) is 5.92 Å². The number of carboxylic acid groups (broad SMARTS) is 1. The summed E-state index contributed by atoms with van der Waals surface area (Å²) in [5, 5.41) is 9.62. The third-order valence-corrected chi connectivity index (χ3v) is 10.5. The van der Waals surface area contributed by atoms with Gasteiger partial charge in [0.05, 0.1) is 25.9 Å². The minimum absolute atomic E-state index is 0.106. The zero-order chi connectivity index (χ0) is 21.0. The number of ether oxygens (including phenoxy) is 2. The second-order valence-electron chi connectivity index (χ2n) is 8.14. The van der Waals surface area contributed by atoms with Gasteiger partial charge < -0.3 is 19.0 Å². The summed E-state index contributed by atoms with van der Waals surface area (Å²) in [6.45, 7) is 15.4. The van der Waals surface area contributed by atoms with Crippen molar-refractivity contribution in [1.29, 1.82) is 0 Å². The van der Waals surface area contributed by atoms with E-state index in [0.29, 0.717) is 23.0 Å². The molecule has 0 bridgehead atoms. The molecule has 1 atom stereocenters. The minimum Gasteiger partial charge on any atom is -0.493 e.